The summed E-state index contributed by atoms with van der Waals surface area (Å²) in [5, 5.41) is 3.02. The van der Waals surface area contributed by atoms with Crippen molar-refractivity contribution in [3.8, 4) is 0 Å². The number of nitrogens with zero attached hydrogens (tertiary/aromatic N) is 1. The quantitative estimate of drug-likeness (QED) is 0.914. The van der Waals surface area contributed by atoms with Crippen molar-refractivity contribution in [1.82, 2.24) is 10.2 Å². The highest BCUT2D eigenvalue weighted by atomic mass is 79.9. The van der Waals surface area contributed by atoms with Gasteiger partial charge in [-0.1, -0.05) is 28.9 Å². The fourth-order valence-electron chi connectivity index (χ4n) is 2.56. The maximum Gasteiger partial charge on any atom is 0.251 e. The van der Waals surface area contributed by atoms with Gasteiger partial charge >= 0.3 is 0 Å². The predicted octanol–water partition coefficient (Wildman–Crippen LogP) is 3.22. The molecule has 1 amide bonds. The van der Waals surface area contributed by atoms with E-state index in [1.54, 1.807) is 0 Å². The van der Waals surface area contributed by atoms with Crippen LogP contribution in [0.2, 0.25) is 0 Å². The second kappa shape index (κ2) is 7.23. The summed E-state index contributed by atoms with van der Waals surface area (Å²) < 4.78 is 0.982. The Morgan fingerprint density at radius 3 is 2.80 bits per heavy atom. The van der Waals surface area contributed by atoms with E-state index in [1.807, 2.05) is 25.1 Å². The Bertz CT molecular complexity index is 468. The van der Waals surface area contributed by atoms with Crippen molar-refractivity contribution in [3.63, 3.8) is 0 Å². The van der Waals surface area contributed by atoms with Crippen molar-refractivity contribution < 1.29 is 4.79 Å². The molecule has 1 fully saturated rings. The number of benzene rings is 1. The molecule has 1 N–H and O–H groups in total. The average molecular weight is 339 g/mol. The fraction of sp³-hybridized carbons (Fsp3) is 0.562. The van der Waals surface area contributed by atoms with Crippen molar-refractivity contribution in [2.75, 3.05) is 26.2 Å². The molecule has 1 aliphatic rings. The van der Waals surface area contributed by atoms with E-state index in [4.69, 9.17) is 0 Å². The first-order chi connectivity index (χ1) is 9.58. The highest BCUT2D eigenvalue weighted by Gasteiger charge is 2.16. The Morgan fingerprint density at radius 2 is 2.10 bits per heavy atom. The number of piperidine rings is 1. The first-order valence-electron chi connectivity index (χ1n) is 7.33. The zero-order chi connectivity index (χ0) is 14.5. The Hall–Kier alpha value is -0.870. The van der Waals surface area contributed by atoms with E-state index in [-0.39, 0.29) is 5.91 Å². The van der Waals surface area contributed by atoms with Gasteiger partial charge in [-0.15, -0.1) is 0 Å². The highest BCUT2D eigenvalue weighted by molar-refractivity contribution is 9.10. The van der Waals surface area contributed by atoms with E-state index in [1.165, 1.54) is 12.8 Å². The summed E-state index contributed by atoms with van der Waals surface area (Å²) in [6.45, 7) is 8.27. The third-order valence-electron chi connectivity index (χ3n) is 4.10. The van der Waals surface area contributed by atoms with E-state index in [0.29, 0.717) is 0 Å². The minimum Gasteiger partial charge on any atom is -0.351 e. The molecule has 4 heteroatoms. The maximum atomic E-state index is 12.2. The molecule has 1 aromatic rings. The number of nitrogens with one attached hydrogen (secondary N) is 1. The van der Waals surface area contributed by atoms with Crippen molar-refractivity contribution in [1.29, 1.82) is 0 Å². The minimum atomic E-state index is 0.0224. The standard InChI is InChI=1S/C16H23BrN2O/c1-12-6-9-19(10-7-12)11-8-18-16(20)14-4-3-5-15(17)13(14)2/h3-5,12H,6-11H2,1-2H3,(H,18,20). The van der Waals surface area contributed by atoms with Crippen LogP contribution in [-0.2, 0) is 0 Å². The van der Waals surface area contributed by atoms with Gasteiger partial charge in [-0.25, -0.2) is 0 Å². The molecule has 2 rings (SSSR count). The molecule has 0 spiro atoms. The van der Waals surface area contributed by atoms with Gasteiger partial charge in [-0.05, 0) is 56.5 Å². The van der Waals surface area contributed by atoms with E-state index in [0.717, 1.165) is 47.7 Å². The Balaban J connectivity index is 1.79. The van der Waals surface area contributed by atoms with Crippen molar-refractivity contribution in [3.05, 3.63) is 33.8 Å². The molecule has 20 heavy (non-hydrogen) atoms. The molecule has 0 saturated carbocycles. The van der Waals surface area contributed by atoms with Gasteiger partial charge in [0.05, 0.1) is 0 Å². The normalized spacial score (nSPS) is 17.1. The molecule has 1 heterocycles. The van der Waals surface area contributed by atoms with Crippen LogP contribution in [0.15, 0.2) is 22.7 Å². The van der Waals surface area contributed by atoms with Crippen LogP contribution in [0.1, 0.15) is 35.7 Å². The topological polar surface area (TPSA) is 32.3 Å². The zero-order valence-electron chi connectivity index (χ0n) is 12.3. The molecular formula is C16H23BrN2O. The van der Waals surface area contributed by atoms with Gasteiger partial charge in [0, 0.05) is 23.1 Å². The predicted molar refractivity (Wildman–Crippen MR) is 86.1 cm³/mol. The lowest BCUT2D eigenvalue weighted by Crippen LogP contribution is -2.39. The first-order valence-corrected chi connectivity index (χ1v) is 8.13. The lowest BCUT2D eigenvalue weighted by molar-refractivity contribution is 0.0944. The third-order valence-corrected chi connectivity index (χ3v) is 4.96. The number of carbonyl (C=O) groups is 1. The smallest absolute Gasteiger partial charge is 0.251 e. The van der Waals surface area contributed by atoms with Gasteiger partial charge in [0.2, 0.25) is 0 Å². The van der Waals surface area contributed by atoms with E-state index < -0.39 is 0 Å². The summed E-state index contributed by atoms with van der Waals surface area (Å²) in [6, 6.07) is 5.73. The highest BCUT2D eigenvalue weighted by Crippen LogP contribution is 2.19. The Kier molecular flexibility index (Phi) is 5.61. The van der Waals surface area contributed by atoms with Gasteiger partial charge in [-0.2, -0.15) is 0 Å². The van der Waals surface area contributed by atoms with Crippen molar-refractivity contribution in [2.24, 2.45) is 5.92 Å². The molecule has 3 nitrogen and oxygen atoms in total. The van der Waals surface area contributed by atoms with Gasteiger partial charge in [-0.3, -0.25) is 4.79 Å². The van der Waals surface area contributed by atoms with E-state index >= 15 is 0 Å². The summed E-state index contributed by atoms with van der Waals surface area (Å²) in [5.74, 6) is 0.874. The van der Waals surface area contributed by atoms with Gasteiger partial charge in [0.25, 0.3) is 5.91 Å². The number of hydrogen-bond acceptors (Lipinski definition) is 2. The average Bonchev–Trinajstić information content (AvgIpc) is 2.44. The molecule has 1 saturated heterocycles. The number of rotatable bonds is 4. The SMILES string of the molecule is Cc1c(Br)cccc1C(=O)NCCN1CCC(C)CC1. The largest absolute Gasteiger partial charge is 0.351 e. The van der Waals surface area contributed by atoms with Gasteiger partial charge in [0.1, 0.15) is 0 Å². The summed E-state index contributed by atoms with van der Waals surface area (Å²) in [4.78, 5) is 14.6. The summed E-state index contributed by atoms with van der Waals surface area (Å²) >= 11 is 3.46. The van der Waals surface area contributed by atoms with Crippen LogP contribution in [0.25, 0.3) is 0 Å². The summed E-state index contributed by atoms with van der Waals surface area (Å²) in [7, 11) is 0. The van der Waals surface area contributed by atoms with E-state index in [9.17, 15) is 4.79 Å². The monoisotopic (exact) mass is 338 g/mol. The molecule has 0 aliphatic carbocycles. The van der Waals surface area contributed by atoms with Crippen LogP contribution in [-0.4, -0.2) is 37.0 Å². The number of halogens is 1. The van der Waals surface area contributed by atoms with Gasteiger partial charge in [0.15, 0.2) is 0 Å². The molecule has 0 bridgehead atoms. The fourth-order valence-corrected chi connectivity index (χ4v) is 2.93. The van der Waals surface area contributed by atoms with Gasteiger partial charge < -0.3 is 10.2 Å². The lowest BCUT2D eigenvalue weighted by atomic mass is 9.99. The van der Waals surface area contributed by atoms with Crippen LogP contribution in [0.5, 0.6) is 0 Å². The zero-order valence-corrected chi connectivity index (χ0v) is 13.9. The van der Waals surface area contributed by atoms with Crippen molar-refractivity contribution >= 4 is 21.8 Å². The van der Waals surface area contributed by atoms with Crippen LogP contribution in [0.3, 0.4) is 0 Å². The molecule has 0 unspecified atom stereocenters. The summed E-state index contributed by atoms with van der Waals surface area (Å²) in [5.41, 5.74) is 1.75. The van der Waals surface area contributed by atoms with E-state index in [2.05, 4.69) is 33.1 Å². The van der Waals surface area contributed by atoms with Crippen molar-refractivity contribution in [2.45, 2.75) is 26.7 Å². The Morgan fingerprint density at radius 1 is 1.40 bits per heavy atom. The summed E-state index contributed by atoms with van der Waals surface area (Å²) in [6.07, 6.45) is 2.55. The second-order valence-corrected chi connectivity index (χ2v) is 6.55. The van der Waals surface area contributed by atoms with Crippen LogP contribution in [0.4, 0.5) is 0 Å². The minimum absolute atomic E-state index is 0.0224. The first kappa shape index (κ1) is 15.5. The van der Waals surface area contributed by atoms with Crippen LogP contribution < -0.4 is 5.32 Å². The molecule has 1 aromatic carbocycles. The molecule has 110 valence electrons. The molecule has 0 radical (unpaired) electrons. The number of carbonyl (C=O) groups excluding carboxylic acids is 1. The Labute approximate surface area is 129 Å². The van der Waals surface area contributed by atoms with Crippen LogP contribution in [0, 0.1) is 12.8 Å². The number of likely N-dealkylation sites (tertiary alicyclic amines) is 1. The number of amides is 1. The van der Waals surface area contributed by atoms with Crippen LogP contribution >= 0.6 is 15.9 Å². The second-order valence-electron chi connectivity index (χ2n) is 5.69. The molecule has 1 aliphatic heterocycles. The molecule has 0 aromatic heterocycles. The molecule has 0 atom stereocenters. The molecular weight excluding hydrogens is 316 g/mol. The maximum absolute atomic E-state index is 12.2. The lowest BCUT2D eigenvalue weighted by Gasteiger charge is -2.30. The third kappa shape index (κ3) is 4.06. The number of hydrogen-bond donors (Lipinski definition) is 1.